The number of pyridine rings is 1. The van der Waals surface area contributed by atoms with Crippen LogP contribution in [0.2, 0.25) is 0 Å². The Bertz CT molecular complexity index is 916. The normalized spacial score (nSPS) is 10.9. The minimum absolute atomic E-state index is 0.143. The Balaban J connectivity index is 1.83. The Labute approximate surface area is 140 Å². The lowest BCUT2D eigenvalue weighted by Crippen LogP contribution is -1.98. The van der Waals surface area contributed by atoms with Crippen molar-refractivity contribution in [1.29, 1.82) is 0 Å². The van der Waals surface area contributed by atoms with Crippen LogP contribution in [0.5, 0.6) is 11.5 Å². The Morgan fingerprint density at radius 3 is 2.54 bits per heavy atom. The topological polar surface area (TPSA) is 48.4 Å². The lowest BCUT2D eigenvalue weighted by Gasteiger charge is -2.07. The summed E-state index contributed by atoms with van der Waals surface area (Å²) in [6.45, 7) is 0. The van der Waals surface area contributed by atoms with E-state index in [0.717, 1.165) is 16.5 Å². The van der Waals surface area contributed by atoms with Crippen molar-refractivity contribution in [1.82, 2.24) is 4.98 Å². The van der Waals surface area contributed by atoms with E-state index < -0.39 is 0 Å². The molecule has 24 heavy (non-hydrogen) atoms. The lowest BCUT2D eigenvalue weighted by atomic mass is 10.1. The first-order valence-corrected chi connectivity index (χ1v) is 7.51. The van der Waals surface area contributed by atoms with E-state index in [9.17, 15) is 4.79 Å². The molecule has 0 aliphatic rings. The SMILES string of the molecule is COc1ccc(/C=C/C(=O)c2ccc3ccccc3n2)cc1OC. The van der Waals surface area contributed by atoms with Gasteiger partial charge in [0.05, 0.1) is 19.7 Å². The van der Waals surface area contributed by atoms with Crippen molar-refractivity contribution in [3.8, 4) is 11.5 Å². The monoisotopic (exact) mass is 319 g/mol. The molecule has 2 aromatic carbocycles. The van der Waals surface area contributed by atoms with Crippen molar-refractivity contribution >= 4 is 22.8 Å². The number of hydrogen-bond acceptors (Lipinski definition) is 4. The zero-order valence-corrected chi connectivity index (χ0v) is 13.5. The van der Waals surface area contributed by atoms with Crippen LogP contribution in [0, 0.1) is 0 Å². The van der Waals surface area contributed by atoms with Gasteiger partial charge >= 0.3 is 0 Å². The summed E-state index contributed by atoms with van der Waals surface area (Å²) in [6, 6.07) is 16.8. The van der Waals surface area contributed by atoms with Crippen LogP contribution in [0.4, 0.5) is 0 Å². The highest BCUT2D eigenvalue weighted by Crippen LogP contribution is 2.28. The number of aromatic nitrogens is 1. The predicted molar refractivity (Wildman–Crippen MR) is 94.7 cm³/mol. The van der Waals surface area contributed by atoms with Crippen molar-refractivity contribution < 1.29 is 14.3 Å². The second-order valence-corrected chi connectivity index (χ2v) is 5.20. The fourth-order valence-corrected chi connectivity index (χ4v) is 2.42. The summed E-state index contributed by atoms with van der Waals surface area (Å²) in [6.07, 6.45) is 3.25. The standard InChI is InChI=1S/C20H17NO3/c1-23-19-12-8-14(13-20(19)24-2)7-11-18(22)17-10-9-15-5-3-4-6-16(15)21-17/h3-13H,1-2H3/b11-7+. The second kappa shape index (κ2) is 6.96. The van der Waals surface area contributed by atoms with Crippen molar-refractivity contribution in [2.45, 2.75) is 0 Å². The average Bonchev–Trinajstić information content (AvgIpc) is 2.65. The minimum Gasteiger partial charge on any atom is -0.493 e. The summed E-state index contributed by atoms with van der Waals surface area (Å²) < 4.78 is 10.5. The number of benzene rings is 2. The summed E-state index contributed by atoms with van der Waals surface area (Å²) in [5.41, 5.74) is 2.08. The molecule has 3 rings (SSSR count). The first-order chi connectivity index (χ1) is 11.7. The van der Waals surface area contributed by atoms with E-state index in [4.69, 9.17) is 9.47 Å². The van der Waals surface area contributed by atoms with Gasteiger partial charge in [-0.25, -0.2) is 4.98 Å². The molecule has 0 radical (unpaired) electrons. The Morgan fingerprint density at radius 2 is 1.75 bits per heavy atom. The number of carbonyl (C=O) groups is 1. The number of ether oxygens (including phenoxy) is 2. The van der Waals surface area contributed by atoms with E-state index in [-0.39, 0.29) is 5.78 Å². The molecule has 0 aliphatic carbocycles. The Hall–Kier alpha value is -3.14. The summed E-state index contributed by atoms with van der Waals surface area (Å²) in [5, 5.41) is 1.01. The van der Waals surface area contributed by atoms with Crippen LogP contribution in [-0.2, 0) is 0 Å². The van der Waals surface area contributed by atoms with Gasteiger partial charge in [0.25, 0.3) is 0 Å². The van der Waals surface area contributed by atoms with Gasteiger partial charge in [-0.05, 0) is 35.9 Å². The van der Waals surface area contributed by atoms with Crippen LogP contribution in [0.15, 0.2) is 60.7 Å². The Kier molecular flexibility index (Phi) is 4.57. The van der Waals surface area contributed by atoms with E-state index in [0.29, 0.717) is 17.2 Å². The van der Waals surface area contributed by atoms with Crippen molar-refractivity contribution in [2.75, 3.05) is 14.2 Å². The van der Waals surface area contributed by atoms with E-state index in [1.165, 1.54) is 6.08 Å². The maximum absolute atomic E-state index is 12.3. The van der Waals surface area contributed by atoms with E-state index >= 15 is 0 Å². The third-order valence-electron chi connectivity index (χ3n) is 3.69. The summed E-state index contributed by atoms with van der Waals surface area (Å²) in [5.74, 6) is 1.13. The van der Waals surface area contributed by atoms with Crippen LogP contribution in [0.3, 0.4) is 0 Å². The number of para-hydroxylation sites is 1. The van der Waals surface area contributed by atoms with Crippen molar-refractivity contribution in [2.24, 2.45) is 0 Å². The summed E-state index contributed by atoms with van der Waals surface area (Å²) in [7, 11) is 3.16. The van der Waals surface area contributed by atoms with Gasteiger partial charge in [-0.2, -0.15) is 0 Å². The largest absolute Gasteiger partial charge is 0.493 e. The average molecular weight is 319 g/mol. The molecule has 0 amide bonds. The molecule has 0 atom stereocenters. The van der Waals surface area contributed by atoms with Gasteiger partial charge < -0.3 is 9.47 Å². The van der Waals surface area contributed by atoms with Crippen LogP contribution < -0.4 is 9.47 Å². The van der Waals surface area contributed by atoms with Gasteiger partial charge in [0.1, 0.15) is 5.69 Å². The molecule has 0 N–H and O–H groups in total. The minimum atomic E-state index is -0.143. The van der Waals surface area contributed by atoms with Gasteiger partial charge in [0, 0.05) is 5.39 Å². The molecule has 0 unspecified atom stereocenters. The maximum atomic E-state index is 12.3. The molecule has 1 heterocycles. The molecule has 0 fully saturated rings. The quantitative estimate of drug-likeness (QED) is 0.523. The molecule has 0 spiro atoms. The number of nitrogens with zero attached hydrogens (tertiary/aromatic N) is 1. The third kappa shape index (κ3) is 3.27. The lowest BCUT2D eigenvalue weighted by molar-refractivity contribution is 0.104. The van der Waals surface area contributed by atoms with E-state index in [1.54, 1.807) is 32.4 Å². The van der Waals surface area contributed by atoms with Gasteiger partial charge in [-0.3, -0.25) is 4.79 Å². The zero-order valence-electron chi connectivity index (χ0n) is 13.5. The molecule has 3 aromatic rings. The highest BCUT2D eigenvalue weighted by molar-refractivity contribution is 6.06. The van der Waals surface area contributed by atoms with E-state index in [1.807, 2.05) is 42.5 Å². The fraction of sp³-hybridized carbons (Fsp3) is 0.100. The first kappa shape index (κ1) is 15.7. The summed E-state index contributed by atoms with van der Waals surface area (Å²) >= 11 is 0. The van der Waals surface area contributed by atoms with Crippen LogP contribution in [0.25, 0.3) is 17.0 Å². The number of ketones is 1. The van der Waals surface area contributed by atoms with Crippen LogP contribution in [0.1, 0.15) is 16.1 Å². The molecule has 0 saturated carbocycles. The predicted octanol–water partition coefficient (Wildman–Crippen LogP) is 4.15. The molecule has 120 valence electrons. The molecule has 4 nitrogen and oxygen atoms in total. The highest BCUT2D eigenvalue weighted by atomic mass is 16.5. The van der Waals surface area contributed by atoms with Crippen molar-refractivity contribution in [3.63, 3.8) is 0 Å². The van der Waals surface area contributed by atoms with Crippen LogP contribution >= 0.6 is 0 Å². The van der Waals surface area contributed by atoms with Gasteiger partial charge in [-0.15, -0.1) is 0 Å². The fourth-order valence-electron chi connectivity index (χ4n) is 2.42. The third-order valence-corrected chi connectivity index (χ3v) is 3.69. The second-order valence-electron chi connectivity index (χ2n) is 5.20. The molecule has 0 saturated heterocycles. The zero-order chi connectivity index (χ0) is 16.9. The number of hydrogen-bond donors (Lipinski definition) is 0. The van der Waals surface area contributed by atoms with Crippen molar-refractivity contribution in [3.05, 3.63) is 71.9 Å². The van der Waals surface area contributed by atoms with Gasteiger partial charge in [0.15, 0.2) is 11.5 Å². The molecular formula is C20H17NO3. The summed E-state index contributed by atoms with van der Waals surface area (Å²) in [4.78, 5) is 16.7. The molecular weight excluding hydrogens is 302 g/mol. The number of carbonyl (C=O) groups excluding carboxylic acids is 1. The van der Waals surface area contributed by atoms with Gasteiger partial charge in [0.2, 0.25) is 5.78 Å². The number of fused-ring (bicyclic) bond motifs is 1. The van der Waals surface area contributed by atoms with E-state index in [2.05, 4.69) is 4.98 Å². The Morgan fingerprint density at radius 1 is 0.958 bits per heavy atom. The first-order valence-electron chi connectivity index (χ1n) is 7.51. The highest BCUT2D eigenvalue weighted by Gasteiger charge is 2.06. The number of allylic oxidation sites excluding steroid dienone is 1. The molecule has 0 aliphatic heterocycles. The number of methoxy groups -OCH3 is 2. The maximum Gasteiger partial charge on any atom is 0.204 e. The smallest absolute Gasteiger partial charge is 0.204 e. The molecule has 1 aromatic heterocycles. The molecule has 0 bridgehead atoms. The van der Waals surface area contributed by atoms with Gasteiger partial charge in [-0.1, -0.05) is 36.4 Å². The molecule has 4 heteroatoms. The number of rotatable bonds is 5. The van der Waals surface area contributed by atoms with Crippen LogP contribution in [-0.4, -0.2) is 25.0 Å².